The van der Waals surface area contributed by atoms with Gasteiger partial charge in [0.2, 0.25) is 0 Å². The van der Waals surface area contributed by atoms with Crippen molar-refractivity contribution in [2.45, 2.75) is 24.9 Å². The molecule has 2 rings (SSSR count). The molecular formula is C6H10N2O4S. The largest absolute Gasteiger partial charge is 0.480 e. The van der Waals surface area contributed by atoms with E-state index in [0.717, 1.165) is 12.8 Å². The van der Waals surface area contributed by atoms with Crippen molar-refractivity contribution in [3.05, 3.63) is 0 Å². The maximum Gasteiger partial charge on any atom is 0.323 e. The van der Waals surface area contributed by atoms with E-state index in [9.17, 15) is 13.2 Å². The molecule has 0 amide bonds. The summed E-state index contributed by atoms with van der Waals surface area (Å²) in [5.74, 6) is -1.12. The molecule has 1 aliphatic heterocycles. The predicted molar refractivity (Wildman–Crippen MR) is 43.2 cm³/mol. The van der Waals surface area contributed by atoms with Gasteiger partial charge in [-0.2, -0.15) is 17.4 Å². The number of hydrogen-bond acceptors (Lipinski definition) is 3. The average molecular weight is 206 g/mol. The molecule has 2 aliphatic rings. The molecule has 1 saturated carbocycles. The number of nitrogens with one attached hydrogen (secondary N) is 1. The Kier molecular flexibility index (Phi) is 1.83. The van der Waals surface area contributed by atoms with Crippen molar-refractivity contribution >= 4 is 16.2 Å². The molecule has 0 aromatic carbocycles. The highest BCUT2D eigenvalue weighted by Crippen LogP contribution is 2.31. The second kappa shape index (κ2) is 2.66. The van der Waals surface area contributed by atoms with E-state index >= 15 is 0 Å². The number of aliphatic carboxylic acids is 1. The molecule has 0 aromatic heterocycles. The Morgan fingerprint density at radius 2 is 2.08 bits per heavy atom. The minimum absolute atomic E-state index is 0.0295. The van der Waals surface area contributed by atoms with Crippen LogP contribution in [0.2, 0.25) is 0 Å². The summed E-state index contributed by atoms with van der Waals surface area (Å²) in [6.07, 6.45) is 1.68. The topological polar surface area (TPSA) is 86.7 Å². The molecule has 0 radical (unpaired) electrons. The van der Waals surface area contributed by atoms with Crippen molar-refractivity contribution in [1.82, 2.24) is 9.03 Å². The third kappa shape index (κ3) is 1.54. The zero-order chi connectivity index (χ0) is 9.64. The van der Waals surface area contributed by atoms with E-state index < -0.39 is 22.2 Å². The minimum atomic E-state index is -3.52. The summed E-state index contributed by atoms with van der Waals surface area (Å²) in [7, 11) is -3.52. The summed E-state index contributed by atoms with van der Waals surface area (Å²) in [6, 6.07) is -0.951. The zero-order valence-corrected chi connectivity index (χ0v) is 7.62. The number of hydrogen-bond donors (Lipinski definition) is 2. The van der Waals surface area contributed by atoms with E-state index in [-0.39, 0.29) is 12.6 Å². The highest BCUT2D eigenvalue weighted by molar-refractivity contribution is 7.87. The summed E-state index contributed by atoms with van der Waals surface area (Å²) in [6.45, 7) is 0.0579. The van der Waals surface area contributed by atoms with Crippen LogP contribution in [0.15, 0.2) is 0 Å². The first kappa shape index (κ1) is 8.92. The minimum Gasteiger partial charge on any atom is -0.480 e. The van der Waals surface area contributed by atoms with Crippen LogP contribution in [0, 0.1) is 0 Å². The first-order chi connectivity index (χ1) is 6.00. The second-order valence-corrected chi connectivity index (χ2v) is 4.97. The molecule has 2 fully saturated rings. The standard InChI is InChI=1S/C6H10N2O4S/c9-6(10)5-3-8(4-1-2-4)13(11,12)7-5/h4-5,7H,1-3H2,(H,9,10). The number of nitrogens with zero attached hydrogens (tertiary/aromatic N) is 1. The molecule has 1 aliphatic carbocycles. The maximum absolute atomic E-state index is 11.3. The average Bonchev–Trinajstić information content (AvgIpc) is 2.76. The molecule has 0 spiro atoms. The van der Waals surface area contributed by atoms with Gasteiger partial charge >= 0.3 is 5.97 Å². The van der Waals surface area contributed by atoms with E-state index in [0.29, 0.717) is 0 Å². The molecular weight excluding hydrogens is 196 g/mol. The Balaban J connectivity index is 2.17. The number of carbonyl (C=O) groups is 1. The van der Waals surface area contributed by atoms with Crippen LogP contribution in [0.5, 0.6) is 0 Å². The van der Waals surface area contributed by atoms with Gasteiger partial charge in [0.15, 0.2) is 0 Å². The Bertz CT molecular complexity index is 335. The Labute approximate surface area is 75.7 Å². The smallest absolute Gasteiger partial charge is 0.323 e. The van der Waals surface area contributed by atoms with Crippen LogP contribution < -0.4 is 4.72 Å². The first-order valence-electron chi connectivity index (χ1n) is 4.02. The van der Waals surface area contributed by atoms with E-state index in [1.807, 2.05) is 0 Å². The molecule has 0 aromatic rings. The molecule has 13 heavy (non-hydrogen) atoms. The Morgan fingerprint density at radius 1 is 1.46 bits per heavy atom. The third-order valence-electron chi connectivity index (χ3n) is 2.21. The molecule has 1 unspecified atom stereocenters. The Hall–Kier alpha value is -0.660. The monoisotopic (exact) mass is 206 g/mol. The first-order valence-corrected chi connectivity index (χ1v) is 5.46. The van der Waals surface area contributed by atoms with Crippen molar-refractivity contribution < 1.29 is 18.3 Å². The lowest BCUT2D eigenvalue weighted by molar-refractivity contribution is -0.138. The fourth-order valence-corrected chi connectivity index (χ4v) is 3.02. The lowest BCUT2D eigenvalue weighted by atomic mass is 10.3. The van der Waals surface area contributed by atoms with Gasteiger partial charge in [-0.15, -0.1) is 0 Å². The number of carboxylic acids is 1. The summed E-state index contributed by atoms with van der Waals surface area (Å²) >= 11 is 0. The van der Waals surface area contributed by atoms with Gasteiger partial charge in [-0.3, -0.25) is 4.79 Å². The Morgan fingerprint density at radius 3 is 2.46 bits per heavy atom. The van der Waals surface area contributed by atoms with Crippen LogP contribution in [0.1, 0.15) is 12.8 Å². The zero-order valence-electron chi connectivity index (χ0n) is 6.80. The quantitative estimate of drug-likeness (QED) is 0.591. The van der Waals surface area contributed by atoms with E-state index in [1.54, 1.807) is 0 Å². The van der Waals surface area contributed by atoms with Gasteiger partial charge in [0.25, 0.3) is 10.2 Å². The van der Waals surface area contributed by atoms with Crippen molar-refractivity contribution in [3.63, 3.8) is 0 Å². The van der Waals surface area contributed by atoms with Crippen LogP contribution in [-0.2, 0) is 15.0 Å². The SMILES string of the molecule is O=C(O)C1CN(C2CC2)S(=O)(=O)N1. The number of rotatable bonds is 2. The maximum atomic E-state index is 11.3. The normalized spacial score (nSPS) is 33.4. The van der Waals surface area contributed by atoms with Gasteiger partial charge in [0.05, 0.1) is 0 Å². The lowest BCUT2D eigenvalue weighted by Gasteiger charge is -2.10. The van der Waals surface area contributed by atoms with Gasteiger partial charge in [0.1, 0.15) is 6.04 Å². The van der Waals surface area contributed by atoms with Crippen molar-refractivity contribution in [1.29, 1.82) is 0 Å². The van der Waals surface area contributed by atoms with E-state index in [2.05, 4.69) is 4.72 Å². The molecule has 1 atom stereocenters. The van der Waals surface area contributed by atoms with Gasteiger partial charge in [-0.25, -0.2) is 0 Å². The third-order valence-corrected chi connectivity index (χ3v) is 3.86. The van der Waals surface area contributed by atoms with Crippen LogP contribution in [0.25, 0.3) is 0 Å². The van der Waals surface area contributed by atoms with Gasteiger partial charge in [-0.05, 0) is 12.8 Å². The molecule has 2 N–H and O–H groups in total. The van der Waals surface area contributed by atoms with Crippen LogP contribution in [0.3, 0.4) is 0 Å². The lowest BCUT2D eigenvalue weighted by Crippen LogP contribution is -2.34. The molecule has 7 heteroatoms. The van der Waals surface area contributed by atoms with Crippen molar-refractivity contribution in [2.24, 2.45) is 0 Å². The van der Waals surface area contributed by atoms with Crippen LogP contribution in [-0.4, -0.2) is 42.4 Å². The molecule has 1 saturated heterocycles. The highest BCUT2D eigenvalue weighted by Gasteiger charge is 2.46. The fourth-order valence-electron chi connectivity index (χ4n) is 1.40. The van der Waals surface area contributed by atoms with Crippen LogP contribution in [0.4, 0.5) is 0 Å². The van der Waals surface area contributed by atoms with Crippen molar-refractivity contribution in [2.75, 3.05) is 6.54 Å². The van der Waals surface area contributed by atoms with Gasteiger partial charge < -0.3 is 5.11 Å². The fraction of sp³-hybridized carbons (Fsp3) is 0.833. The van der Waals surface area contributed by atoms with Crippen LogP contribution >= 0.6 is 0 Å². The summed E-state index contributed by atoms with van der Waals surface area (Å²) in [5.41, 5.74) is 0. The van der Waals surface area contributed by atoms with Crippen molar-refractivity contribution in [3.8, 4) is 0 Å². The summed E-state index contributed by atoms with van der Waals surface area (Å²) < 4.78 is 26.0. The summed E-state index contributed by atoms with van der Waals surface area (Å²) in [4.78, 5) is 10.5. The number of carboxylic acid groups (broad SMARTS) is 1. The van der Waals surface area contributed by atoms with Gasteiger partial charge in [-0.1, -0.05) is 0 Å². The predicted octanol–water partition coefficient (Wildman–Crippen LogP) is -1.25. The second-order valence-electron chi connectivity index (χ2n) is 3.31. The van der Waals surface area contributed by atoms with E-state index in [4.69, 9.17) is 5.11 Å². The molecule has 74 valence electrons. The molecule has 0 bridgehead atoms. The summed E-state index contributed by atoms with van der Waals surface area (Å²) in [5, 5.41) is 8.61. The molecule has 1 heterocycles. The molecule has 6 nitrogen and oxygen atoms in total. The highest BCUT2D eigenvalue weighted by atomic mass is 32.2. The van der Waals surface area contributed by atoms with Gasteiger partial charge in [0, 0.05) is 12.6 Å². The van der Waals surface area contributed by atoms with E-state index in [1.165, 1.54) is 4.31 Å².